The van der Waals surface area contributed by atoms with Crippen LogP contribution in [0.15, 0.2) is 36.4 Å². The highest BCUT2D eigenvalue weighted by atomic mass is 16.5. The lowest BCUT2D eigenvalue weighted by atomic mass is 9.69. The second-order valence-corrected chi connectivity index (χ2v) is 6.66. The molecule has 5 atom stereocenters. The van der Waals surface area contributed by atoms with Crippen LogP contribution in [0.4, 0.5) is 0 Å². The third kappa shape index (κ3) is 1.76. The molecule has 0 saturated heterocycles. The quantitative estimate of drug-likeness (QED) is 0.688. The first-order valence-electron chi connectivity index (χ1n) is 7.80. The van der Waals surface area contributed by atoms with Gasteiger partial charge in [-0.2, -0.15) is 0 Å². The lowest BCUT2D eigenvalue weighted by Crippen LogP contribution is -2.41. The van der Waals surface area contributed by atoms with E-state index in [1.165, 1.54) is 30.5 Å². The Labute approximate surface area is 128 Å². The fourth-order valence-corrected chi connectivity index (χ4v) is 4.86. The summed E-state index contributed by atoms with van der Waals surface area (Å²) in [7, 11) is 0. The van der Waals surface area contributed by atoms with Gasteiger partial charge in [0.05, 0.1) is 11.1 Å². The van der Waals surface area contributed by atoms with Crippen LogP contribution in [0.5, 0.6) is 0 Å². The molecule has 0 amide bonds. The summed E-state index contributed by atoms with van der Waals surface area (Å²) in [6.07, 6.45) is 3.36. The molecule has 0 aromatic heterocycles. The maximum atomic E-state index is 12.5. The highest BCUT2D eigenvalue weighted by molar-refractivity contribution is 6.02. The molecule has 4 aliphatic carbocycles. The first-order chi connectivity index (χ1) is 10.6. The zero-order chi connectivity index (χ0) is 15.4. The summed E-state index contributed by atoms with van der Waals surface area (Å²) in [5.41, 5.74) is 1.38. The predicted molar refractivity (Wildman–Crippen MR) is 79.6 cm³/mol. The Morgan fingerprint density at radius 3 is 2.55 bits per heavy atom. The summed E-state index contributed by atoms with van der Waals surface area (Å²) in [6.45, 7) is 4.21. The molecule has 4 aliphatic rings. The van der Waals surface area contributed by atoms with Crippen LogP contribution in [0, 0.1) is 23.7 Å². The number of ether oxygens (including phenoxy) is 1. The molecular weight excluding hydrogens is 280 g/mol. The van der Waals surface area contributed by atoms with Crippen molar-refractivity contribution < 1.29 is 19.4 Å². The predicted octanol–water partition coefficient (Wildman–Crippen LogP) is 3.14. The minimum absolute atomic E-state index is 0.000331. The van der Waals surface area contributed by atoms with Gasteiger partial charge in [-0.05, 0) is 43.2 Å². The molecule has 4 fully saturated rings. The van der Waals surface area contributed by atoms with Crippen LogP contribution in [-0.2, 0) is 4.74 Å². The highest BCUT2D eigenvalue weighted by Crippen LogP contribution is 2.62. The standard InChI is InChI=1S/C18H18O4/c1-9-14-8-10-6-7-11(14)16(15(9)10)22-18(21)13-5-3-2-4-12(13)17(19)20/h2-5,10-11,14-16H,1,6-8H2,(H,19,20)/t10-,11+,14+,15+,16+/m0/s1. The van der Waals surface area contributed by atoms with E-state index in [1.807, 2.05) is 0 Å². The number of carboxylic acids is 1. The molecule has 0 spiro atoms. The first kappa shape index (κ1) is 13.6. The third-order valence-corrected chi connectivity index (χ3v) is 5.75. The minimum atomic E-state index is -1.11. The van der Waals surface area contributed by atoms with E-state index in [1.54, 1.807) is 12.1 Å². The zero-order valence-corrected chi connectivity index (χ0v) is 12.2. The van der Waals surface area contributed by atoms with Crippen LogP contribution in [0.25, 0.3) is 0 Å². The number of carbonyl (C=O) groups excluding carboxylic acids is 1. The number of benzene rings is 1. The lowest BCUT2D eigenvalue weighted by Gasteiger charge is -2.40. The molecule has 4 heteroatoms. The van der Waals surface area contributed by atoms with Crippen LogP contribution in [-0.4, -0.2) is 23.1 Å². The average Bonchev–Trinajstić information content (AvgIpc) is 2.93. The second-order valence-electron chi connectivity index (χ2n) is 6.66. The number of hydrogen-bond acceptors (Lipinski definition) is 3. The molecule has 0 heterocycles. The molecule has 22 heavy (non-hydrogen) atoms. The van der Waals surface area contributed by atoms with Crippen molar-refractivity contribution in [3.63, 3.8) is 0 Å². The molecule has 4 saturated carbocycles. The number of esters is 1. The Morgan fingerprint density at radius 1 is 1.18 bits per heavy atom. The van der Waals surface area contributed by atoms with Crippen molar-refractivity contribution in [2.45, 2.75) is 25.4 Å². The van der Waals surface area contributed by atoms with Gasteiger partial charge in [0.1, 0.15) is 6.10 Å². The van der Waals surface area contributed by atoms with Crippen molar-refractivity contribution in [3.05, 3.63) is 47.5 Å². The largest absolute Gasteiger partial charge is 0.478 e. The number of hydrogen-bond donors (Lipinski definition) is 1. The third-order valence-electron chi connectivity index (χ3n) is 5.75. The van der Waals surface area contributed by atoms with Crippen molar-refractivity contribution >= 4 is 11.9 Å². The molecule has 114 valence electrons. The van der Waals surface area contributed by atoms with Gasteiger partial charge >= 0.3 is 11.9 Å². The summed E-state index contributed by atoms with van der Waals surface area (Å²) in [5.74, 6) is 0.125. The van der Waals surface area contributed by atoms with Crippen molar-refractivity contribution in [1.29, 1.82) is 0 Å². The van der Waals surface area contributed by atoms with E-state index in [0.717, 1.165) is 6.42 Å². The van der Waals surface area contributed by atoms with Crippen molar-refractivity contribution in [3.8, 4) is 0 Å². The highest BCUT2D eigenvalue weighted by Gasteiger charge is 2.59. The van der Waals surface area contributed by atoms with E-state index >= 15 is 0 Å². The molecule has 0 radical (unpaired) electrons. The number of carbonyl (C=O) groups is 2. The monoisotopic (exact) mass is 298 g/mol. The fraction of sp³-hybridized carbons (Fsp3) is 0.444. The van der Waals surface area contributed by atoms with Gasteiger partial charge in [0, 0.05) is 11.8 Å². The molecule has 0 unspecified atom stereocenters. The van der Waals surface area contributed by atoms with Gasteiger partial charge in [0.15, 0.2) is 0 Å². The van der Waals surface area contributed by atoms with Crippen LogP contribution in [0.3, 0.4) is 0 Å². The fourth-order valence-electron chi connectivity index (χ4n) is 4.86. The SMILES string of the molecule is C=C1[C@@H]2[C@H]3CC[C@@H]([C@H]2OC(=O)c2ccccc2C(=O)O)[C@@H]1C3. The van der Waals surface area contributed by atoms with E-state index in [4.69, 9.17) is 4.74 Å². The van der Waals surface area contributed by atoms with E-state index in [9.17, 15) is 14.7 Å². The zero-order valence-electron chi connectivity index (χ0n) is 12.2. The van der Waals surface area contributed by atoms with E-state index in [2.05, 4.69) is 6.58 Å². The van der Waals surface area contributed by atoms with E-state index < -0.39 is 11.9 Å². The summed E-state index contributed by atoms with van der Waals surface area (Å²) in [4.78, 5) is 23.7. The van der Waals surface area contributed by atoms with Gasteiger partial charge in [-0.1, -0.05) is 24.3 Å². The smallest absolute Gasteiger partial charge is 0.339 e. The lowest BCUT2D eigenvalue weighted by molar-refractivity contribution is -0.0386. The number of carboxylic acid groups (broad SMARTS) is 1. The molecule has 4 nitrogen and oxygen atoms in total. The van der Waals surface area contributed by atoms with Crippen molar-refractivity contribution in [1.82, 2.24) is 0 Å². The van der Waals surface area contributed by atoms with E-state index in [-0.39, 0.29) is 23.1 Å². The Morgan fingerprint density at radius 2 is 1.91 bits per heavy atom. The van der Waals surface area contributed by atoms with Crippen LogP contribution in [0.1, 0.15) is 40.0 Å². The molecule has 5 rings (SSSR count). The molecule has 1 N–H and O–H groups in total. The topological polar surface area (TPSA) is 63.6 Å². The van der Waals surface area contributed by atoms with Gasteiger partial charge in [-0.15, -0.1) is 0 Å². The Balaban J connectivity index is 1.59. The summed E-state index contributed by atoms with van der Waals surface area (Å²) >= 11 is 0. The average molecular weight is 298 g/mol. The number of fused-ring (bicyclic) bond motifs is 1. The second kappa shape index (κ2) is 4.70. The van der Waals surface area contributed by atoms with Gasteiger partial charge in [0.2, 0.25) is 0 Å². The van der Waals surface area contributed by atoms with Gasteiger partial charge in [-0.25, -0.2) is 9.59 Å². The Hall–Kier alpha value is -2.10. The van der Waals surface area contributed by atoms with Crippen molar-refractivity contribution in [2.24, 2.45) is 23.7 Å². The Bertz CT molecular complexity index is 677. The van der Waals surface area contributed by atoms with Crippen LogP contribution >= 0.6 is 0 Å². The number of rotatable bonds is 3. The summed E-state index contributed by atoms with van der Waals surface area (Å²) in [5, 5.41) is 9.21. The molecular formula is C18H18O4. The summed E-state index contributed by atoms with van der Waals surface area (Å²) < 4.78 is 5.76. The van der Waals surface area contributed by atoms with Crippen LogP contribution in [0.2, 0.25) is 0 Å². The normalized spacial score (nSPS) is 34.9. The molecule has 4 bridgehead atoms. The van der Waals surface area contributed by atoms with Gasteiger partial charge in [0.25, 0.3) is 0 Å². The Kier molecular flexibility index (Phi) is 2.90. The van der Waals surface area contributed by atoms with Gasteiger partial charge in [-0.3, -0.25) is 0 Å². The molecule has 0 aliphatic heterocycles. The number of aromatic carboxylic acids is 1. The van der Waals surface area contributed by atoms with Crippen LogP contribution < -0.4 is 0 Å². The van der Waals surface area contributed by atoms with Gasteiger partial charge < -0.3 is 9.84 Å². The molecule has 1 aromatic carbocycles. The van der Waals surface area contributed by atoms with Crippen molar-refractivity contribution in [2.75, 3.05) is 0 Å². The summed E-state index contributed by atoms with van der Waals surface area (Å²) in [6, 6.07) is 6.23. The minimum Gasteiger partial charge on any atom is -0.478 e. The van der Waals surface area contributed by atoms with E-state index in [0.29, 0.717) is 17.8 Å². The maximum Gasteiger partial charge on any atom is 0.339 e. The molecule has 1 aromatic rings. The first-order valence-corrected chi connectivity index (χ1v) is 7.80. The maximum absolute atomic E-state index is 12.5.